The normalized spacial score (nSPS) is 13.8. The maximum atomic E-state index is 5.28. The van der Waals surface area contributed by atoms with Crippen molar-refractivity contribution in [1.82, 2.24) is 10.7 Å². The van der Waals surface area contributed by atoms with Crippen LogP contribution in [0.1, 0.15) is 5.56 Å². The van der Waals surface area contributed by atoms with Crippen molar-refractivity contribution in [2.45, 2.75) is 6.54 Å². The Kier molecular flexibility index (Phi) is 3.11. The lowest BCUT2D eigenvalue weighted by molar-refractivity contribution is 0.174. The Hall–Kier alpha value is -1.95. The van der Waals surface area contributed by atoms with Crippen molar-refractivity contribution < 1.29 is 9.47 Å². The van der Waals surface area contributed by atoms with Crippen molar-refractivity contribution in [2.24, 2.45) is 10.8 Å². The van der Waals surface area contributed by atoms with Gasteiger partial charge in [0.1, 0.15) is 0 Å². The SMILES string of the molecule is CN=C(NN)NCc1ccc2c(c1)OCO2. The highest BCUT2D eigenvalue weighted by Crippen LogP contribution is 2.32. The smallest absolute Gasteiger partial charge is 0.231 e. The molecule has 0 bridgehead atoms. The Morgan fingerprint density at radius 1 is 1.44 bits per heavy atom. The zero-order valence-electron chi connectivity index (χ0n) is 8.99. The third kappa shape index (κ3) is 2.17. The van der Waals surface area contributed by atoms with Gasteiger partial charge in [-0.2, -0.15) is 0 Å². The van der Waals surface area contributed by atoms with Crippen molar-refractivity contribution in [1.29, 1.82) is 0 Å². The zero-order valence-corrected chi connectivity index (χ0v) is 8.99. The molecule has 0 atom stereocenters. The number of hydrogen-bond donors (Lipinski definition) is 3. The van der Waals surface area contributed by atoms with Gasteiger partial charge in [-0.1, -0.05) is 6.07 Å². The number of hydrazine groups is 1. The highest BCUT2D eigenvalue weighted by molar-refractivity contribution is 5.78. The highest BCUT2D eigenvalue weighted by Gasteiger charge is 2.12. The number of nitrogens with zero attached hydrogens (tertiary/aromatic N) is 1. The Bertz CT molecular complexity index is 406. The molecule has 0 amide bonds. The van der Waals surface area contributed by atoms with Crippen LogP contribution in [0.15, 0.2) is 23.2 Å². The van der Waals surface area contributed by atoms with Gasteiger partial charge in [0, 0.05) is 13.6 Å². The van der Waals surface area contributed by atoms with Gasteiger partial charge in [-0.15, -0.1) is 0 Å². The average Bonchev–Trinajstić information content (AvgIpc) is 2.77. The first-order chi connectivity index (χ1) is 7.83. The van der Waals surface area contributed by atoms with Crippen LogP contribution in [-0.4, -0.2) is 19.8 Å². The molecule has 0 aromatic heterocycles. The Morgan fingerprint density at radius 3 is 3.00 bits per heavy atom. The first-order valence-electron chi connectivity index (χ1n) is 4.89. The summed E-state index contributed by atoms with van der Waals surface area (Å²) >= 11 is 0. The minimum absolute atomic E-state index is 0.290. The maximum absolute atomic E-state index is 5.28. The molecule has 0 spiro atoms. The molecule has 0 saturated heterocycles. The van der Waals surface area contributed by atoms with Gasteiger partial charge in [-0.25, -0.2) is 5.84 Å². The number of fused-ring (bicyclic) bond motifs is 1. The van der Waals surface area contributed by atoms with Crippen molar-refractivity contribution in [2.75, 3.05) is 13.8 Å². The van der Waals surface area contributed by atoms with Crippen LogP contribution in [0.4, 0.5) is 0 Å². The topological polar surface area (TPSA) is 80.9 Å². The number of ether oxygens (including phenoxy) is 2. The maximum Gasteiger partial charge on any atom is 0.231 e. The molecule has 0 unspecified atom stereocenters. The summed E-state index contributed by atoms with van der Waals surface area (Å²) in [5.41, 5.74) is 3.53. The lowest BCUT2D eigenvalue weighted by Gasteiger charge is -2.08. The number of nitrogens with one attached hydrogen (secondary N) is 2. The molecular formula is C10H14N4O2. The molecule has 4 N–H and O–H groups in total. The summed E-state index contributed by atoms with van der Waals surface area (Å²) in [6, 6.07) is 5.78. The Morgan fingerprint density at radius 2 is 2.25 bits per heavy atom. The third-order valence-electron chi connectivity index (χ3n) is 2.26. The highest BCUT2D eigenvalue weighted by atomic mass is 16.7. The summed E-state index contributed by atoms with van der Waals surface area (Å²) in [5, 5.41) is 3.04. The van der Waals surface area contributed by atoms with E-state index in [1.807, 2.05) is 18.2 Å². The molecule has 0 aliphatic carbocycles. The predicted octanol–water partition coefficient (Wildman–Crippen LogP) is -0.0460. The number of rotatable bonds is 2. The van der Waals surface area contributed by atoms with E-state index in [1.165, 1.54) is 0 Å². The molecule has 1 aliphatic rings. The van der Waals surface area contributed by atoms with E-state index in [0.717, 1.165) is 17.1 Å². The number of hydrogen-bond acceptors (Lipinski definition) is 4. The molecule has 2 rings (SSSR count). The number of aliphatic imine (C=N–C) groups is 1. The summed E-state index contributed by atoms with van der Waals surface area (Å²) in [6.07, 6.45) is 0. The van der Waals surface area contributed by atoms with Gasteiger partial charge in [-0.05, 0) is 17.7 Å². The Labute approximate surface area is 93.4 Å². The van der Waals surface area contributed by atoms with Gasteiger partial charge >= 0.3 is 0 Å². The third-order valence-corrected chi connectivity index (χ3v) is 2.26. The molecule has 6 nitrogen and oxygen atoms in total. The van der Waals surface area contributed by atoms with E-state index >= 15 is 0 Å². The summed E-state index contributed by atoms with van der Waals surface area (Å²) in [4.78, 5) is 3.91. The molecule has 1 heterocycles. The van der Waals surface area contributed by atoms with Crippen molar-refractivity contribution in [3.8, 4) is 11.5 Å². The van der Waals surface area contributed by atoms with Crippen LogP contribution in [0.2, 0.25) is 0 Å². The van der Waals surface area contributed by atoms with E-state index in [4.69, 9.17) is 15.3 Å². The summed E-state index contributed by atoms with van der Waals surface area (Å²) in [7, 11) is 1.65. The van der Waals surface area contributed by atoms with Gasteiger partial charge in [0.25, 0.3) is 0 Å². The minimum Gasteiger partial charge on any atom is -0.454 e. The van der Waals surface area contributed by atoms with Gasteiger partial charge in [0.2, 0.25) is 12.8 Å². The molecule has 1 aromatic carbocycles. The van der Waals surface area contributed by atoms with Gasteiger partial charge < -0.3 is 14.8 Å². The van der Waals surface area contributed by atoms with E-state index in [1.54, 1.807) is 7.05 Å². The predicted molar refractivity (Wildman–Crippen MR) is 60.1 cm³/mol. The van der Waals surface area contributed by atoms with Crippen LogP contribution in [-0.2, 0) is 6.54 Å². The molecule has 0 fully saturated rings. The fraction of sp³-hybridized carbons (Fsp3) is 0.300. The zero-order chi connectivity index (χ0) is 11.4. The molecule has 0 radical (unpaired) electrons. The summed E-state index contributed by atoms with van der Waals surface area (Å²) in [5.74, 6) is 7.34. The number of nitrogens with two attached hydrogens (primary N) is 1. The van der Waals surface area contributed by atoms with Crippen molar-refractivity contribution in [3.63, 3.8) is 0 Å². The van der Waals surface area contributed by atoms with Crippen molar-refractivity contribution in [3.05, 3.63) is 23.8 Å². The van der Waals surface area contributed by atoms with Crippen LogP contribution in [0, 0.1) is 0 Å². The van der Waals surface area contributed by atoms with Crippen LogP contribution in [0.25, 0.3) is 0 Å². The van der Waals surface area contributed by atoms with Crippen LogP contribution >= 0.6 is 0 Å². The first kappa shape index (κ1) is 10.6. The van der Waals surface area contributed by atoms with Gasteiger partial charge in [0.15, 0.2) is 11.5 Å². The summed E-state index contributed by atoms with van der Waals surface area (Å²) in [6.45, 7) is 0.908. The second kappa shape index (κ2) is 4.71. The van der Waals surface area contributed by atoms with Gasteiger partial charge in [-0.3, -0.25) is 10.4 Å². The standard InChI is InChI=1S/C10H14N4O2/c1-12-10(14-11)13-5-7-2-3-8-9(4-7)16-6-15-8/h2-4H,5-6,11H2,1H3,(H2,12,13,14). The van der Waals surface area contributed by atoms with Crippen LogP contribution in [0.5, 0.6) is 11.5 Å². The number of benzene rings is 1. The average molecular weight is 222 g/mol. The van der Waals surface area contributed by atoms with E-state index in [0.29, 0.717) is 12.5 Å². The molecule has 6 heteroatoms. The van der Waals surface area contributed by atoms with Gasteiger partial charge in [0.05, 0.1) is 0 Å². The fourth-order valence-electron chi connectivity index (χ4n) is 1.43. The van der Waals surface area contributed by atoms with Crippen LogP contribution < -0.4 is 26.1 Å². The number of guanidine groups is 1. The molecule has 0 saturated carbocycles. The molecule has 16 heavy (non-hydrogen) atoms. The summed E-state index contributed by atoms with van der Waals surface area (Å²) < 4.78 is 10.5. The second-order valence-corrected chi connectivity index (χ2v) is 3.26. The van der Waals surface area contributed by atoms with Crippen LogP contribution in [0.3, 0.4) is 0 Å². The molecule has 86 valence electrons. The molecule has 1 aromatic rings. The lowest BCUT2D eigenvalue weighted by Crippen LogP contribution is -2.40. The van der Waals surface area contributed by atoms with E-state index in [9.17, 15) is 0 Å². The fourth-order valence-corrected chi connectivity index (χ4v) is 1.43. The lowest BCUT2D eigenvalue weighted by atomic mass is 10.2. The Balaban J connectivity index is 2.00. The first-order valence-corrected chi connectivity index (χ1v) is 4.89. The monoisotopic (exact) mass is 222 g/mol. The van der Waals surface area contributed by atoms with Crippen molar-refractivity contribution >= 4 is 5.96 Å². The second-order valence-electron chi connectivity index (χ2n) is 3.26. The van der Waals surface area contributed by atoms with E-state index in [2.05, 4.69) is 15.7 Å². The minimum atomic E-state index is 0.290. The molecule has 1 aliphatic heterocycles. The van der Waals surface area contributed by atoms with E-state index in [-0.39, 0.29) is 6.79 Å². The molecular weight excluding hydrogens is 208 g/mol. The van der Waals surface area contributed by atoms with E-state index < -0.39 is 0 Å². The largest absolute Gasteiger partial charge is 0.454 e. The quantitative estimate of drug-likeness (QED) is 0.283.